The molecule has 0 aliphatic heterocycles. The van der Waals surface area contributed by atoms with Crippen LogP contribution in [0.25, 0.3) is 0 Å². The first-order valence-corrected chi connectivity index (χ1v) is 7.65. The second-order valence-corrected chi connectivity index (χ2v) is 6.86. The van der Waals surface area contributed by atoms with E-state index >= 15 is 0 Å². The largest absolute Gasteiger partial charge is 0.339 e. The van der Waals surface area contributed by atoms with Gasteiger partial charge in [-0.1, -0.05) is 44.1 Å². The van der Waals surface area contributed by atoms with Gasteiger partial charge in [0.15, 0.2) is 5.82 Å². The standard InChI is InChI=1S/C17H21N3O2/c1-17(2,3)16(21)18-13-7-5-4-6-12(13)10-14-19-15(20-22-14)11-8-9-11/h4-7,11H,8-10H2,1-3H3,(H,18,21). The number of rotatable bonds is 4. The number of hydrogen-bond acceptors (Lipinski definition) is 4. The van der Waals surface area contributed by atoms with Gasteiger partial charge in [-0.15, -0.1) is 0 Å². The highest BCUT2D eigenvalue weighted by Gasteiger charge is 2.29. The molecule has 1 aromatic carbocycles. The molecular formula is C17H21N3O2. The van der Waals surface area contributed by atoms with Crippen molar-refractivity contribution in [2.75, 3.05) is 5.32 Å². The molecule has 1 aliphatic carbocycles. The van der Waals surface area contributed by atoms with E-state index in [1.807, 2.05) is 45.0 Å². The van der Waals surface area contributed by atoms with Crippen LogP contribution >= 0.6 is 0 Å². The van der Waals surface area contributed by atoms with Gasteiger partial charge in [0.25, 0.3) is 0 Å². The fourth-order valence-corrected chi connectivity index (χ4v) is 2.12. The normalized spacial score (nSPS) is 14.9. The molecule has 0 bridgehead atoms. The van der Waals surface area contributed by atoms with Crippen LogP contribution in [0.1, 0.15) is 56.8 Å². The number of nitrogens with one attached hydrogen (secondary N) is 1. The molecule has 0 saturated heterocycles. The molecule has 3 rings (SSSR count). The Morgan fingerprint density at radius 3 is 2.73 bits per heavy atom. The lowest BCUT2D eigenvalue weighted by Crippen LogP contribution is -2.28. The van der Waals surface area contributed by atoms with Gasteiger partial charge in [-0.2, -0.15) is 4.98 Å². The van der Waals surface area contributed by atoms with Gasteiger partial charge in [0, 0.05) is 17.0 Å². The van der Waals surface area contributed by atoms with Crippen LogP contribution in [0.15, 0.2) is 28.8 Å². The molecule has 0 unspecified atom stereocenters. The van der Waals surface area contributed by atoms with Gasteiger partial charge >= 0.3 is 0 Å². The average molecular weight is 299 g/mol. The molecule has 1 aliphatic rings. The molecule has 116 valence electrons. The third kappa shape index (κ3) is 3.35. The van der Waals surface area contributed by atoms with Gasteiger partial charge in [0.05, 0.1) is 6.42 Å². The van der Waals surface area contributed by atoms with E-state index in [9.17, 15) is 4.79 Å². The Labute approximate surface area is 130 Å². The summed E-state index contributed by atoms with van der Waals surface area (Å²) in [6, 6.07) is 7.72. The Balaban J connectivity index is 1.76. The van der Waals surface area contributed by atoms with Crippen molar-refractivity contribution >= 4 is 11.6 Å². The molecular weight excluding hydrogens is 278 g/mol. The van der Waals surface area contributed by atoms with Crippen LogP contribution < -0.4 is 5.32 Å². The number of aromatic nitrogens is 2. The Hall–Kier alpha value is -2.17. The first-order valence-electron chi connectivity index (χ1n) is 7.65. The van der Waals surface area contributed by atoms with Crippen LogP contribution in [-0.4, -0.2) is 16.0 Å². The zero-order valence-electron chi connectivity index (χ0n) is 13.2. The number of carbonyl (C=O) groups is 1. The van der Waals surface area contributed by atoms with E-state index in [-0.39, 0.29) is 5.91 Å². The van der Waals surface area contributed by atoms with E-state index in [2.05, 4.69) is 15.5 Å². The molecule has 5 heteroatoms. The average Bonchev–Trinajstić information content (AvgIpc) is 3.20. The number of para-hydroxylation sites is 1. The van der Waals surface area contributed by atoms with E-state index in [0.717, 1.165) is 29.9 Å². The second-order valence-electron chi connectivity index (χ2n) is 6.86. The zero-order chi connectivity index (χ0) is 15.7. The summed E-state index contributed by atoms with van der Waals surface area (Å²) in [5.74, 6) is 1.88. The van der Waals surface area contributed by atoms with Gasteiger partial charge in [-0.3, -0.25) is 4.79 Å². The SMILES string of the molecule is CC(C)(C)C(=O)Nc1ccccc1Cc1nc(C2CC2)no1. The van der Waals surface area contributed by atoms with E-state index in [4.69, 9.17) is 4.52 Å². The summed E-state index contributed by atoms with van der Waals surface area (Å²) in [5.41, 5.74) is 1.34. The van der Waals surface area contributed by atoms with E-state index in [1.165, 1.54) is 0 Å². The smallest absolute Gasteiger partial charge is 0.231 e. The second kappa shape index (κ2) is 5.55. The highest BCUT2D eigenvalue weighted by atomic mass is 16.5. The molecule has 0 spiro atoms. The maximum absolute atomic E-state index is 12.2. The Bertz CT molecular complexity index is 681. The van der Waals surface area contributed by atoms with Crippen molar-refractivity contribution in [2.24, 2.45) is 5.41 Å². The first kappa shape index (κ1) is 14.8. The summed E-state index contributed by atoms with van der Waals surface area (Å²) in [6.45, 7) is 5.68. The zero-order valence-corrected chi connectivity index (χ0v) is 13.2. The summed E-state index contributed by atoms with van der Waals surface area (Å²) in [5, 5.41) is 7.01. The summed E-state index contributed by atoms with van der Waals surface area (Å²) >= 11 is 0. The first-order chi connectivity index (χ1) is 10.4. The number of hydrogen-bond donors (Lipinski definition) is 1. The topological polar surface area (TPSA) is 68.0 Å². The van der Waals surface area contributed by atoms with Crippen molar-refractivity contribution in [3.8, 4) is 0 Å². The van der Waals surface area contributed by atoms with Gasteiger partial charge in [0.1, 0.15) is 0 Å². The minimum Gasteiger partial charge on any atom is -0.339 e. The minimum atomic E-state index is -0.434. The number of nitrogens with zero attached hydrogens (tertiary/aromatic N) is 2. The van der Waals surface area contributed by atoms with E-state index in [1.54, 1.807) is 0 Å². The summed E-state index contributed by atoms with van der Waals surface area (Å²) < 4.78 is 5.32. The van der Waals surface area contributed by atoms with Gasteiger partial charge in [0.2, 0.25) is 11.8 Å². The fraction of sp³-hybridized carbons (Fsp3) is 0.471. The molecule has 1 amide bonds. The van der Waals surface area contributed by atoms with Crippen LogP contribution in [0.2, 0.25) is 0 Å². The van der Waals surface area contributed by atoms with E-state index in [0.29, 0.717) is 18.2 Å². The Morgan fingerprint density at radius 2 is 2.05 bits per heavy atom. The molecule has 5 nitrogen and oxygen atoms in total. The minimum absolute atomic E-state index is 0.0100. The number of carbonyl (C=O) groups excluding carboxylic acids is 1. The van der Waals surface area contributed by atoms with Crippen LogP contribution in [0.5, 0.6) is 0 Å². The summed E-state index contributed by atoms with van der Waals surface area (Å²) in [7, 11) is 0. The quantitative estimate of drug-likeness (QED) is 0.938. The molecule has 22 heavy (non-hydrogen) atoms. The third-order valence-corrected chi connectivity index (χ3v) is 3.71. The molecule has 0 radical (unpaired) electrons. The van der Waals surface area contributed by atoms with Crippen molar-refractivity contribution in [2.45, 2.75) is 46.0 Å². The van der Waals surface area contributed by atoms with Gasteiger partial charge in [-0.05, 0) is 24.5 Å². The molecule has 2 aromatic rings. The van der Waals surface area contributed by atoms with Crippen molar-refractivity contribution in [3.63, 3.8) is 0 Å². The highest BCUT2D eigenvalue weighted by Crippen LogP contribution is 2.38. The fourth-order valence-electron chi connectivity index (χ4n) is 2.12. The summed E-state index contributed by atoms with van der Waals surface area (Å²) in [6.07, 6.45) is 2.83. The van der Waals surface area contributed by atoms with E-state index < -0.39 is 5.41 Å². The van der Waals surface area contributed by atoms with Crippen molar-refractivity contribution in [1.29, 1.82) is 0 Å². The van der Waals surface area contributed by atoms with Crippen LogP contribution in [0.4, 0.5) is 5.69 Å². The molecule has 1 aromatic heterocycles. The molecule has 1 heterocycles. The lowest BCUT2D eigenvalue weighted by atomic mass is 9.95. The van der Waals surface area contributed by atoms with Crippen LogP contribution in [0.3, 0.4) is 0 Å². The Morgan fingerprint density at radius 1 is 1.32 bits per heavy atom. The molecule has 1 fully saturated rings. The summed E-state index contributed by atoms with van der Waals surface area (Å²) in [4.78, 5) is 16.6. The number of amides is 1. The maximum Gasteiger partial charge on any atom is 0.231 e. The van der Waals surface area contributed by atoms with Crippen LogP contribution in [-0.2, 0) is 11.2 Å². The number of benzene rings is 1. The predicted molar refractivity (Wildman–Crippen MR) is 83.6 cm³/mol. The maximum atomic E-state index is 12.2. The van der Waals surface area contributed by atoms with Gasteiger partial charge < -0.3 is 9.84 Å². The molecule has 1 saturated carbocycles. The molecule has 1 N–H and O–H groups in total. The lowest BCUT2D eigenvalue weighted by Gasteiger charge is -2.19. The van der Waals surface area contributed by atoms with Crippen molar-refractivity contribution < 1.29 is 9.32 Å². The predicted octanol–water partition coefficient (Wildman–Crippen LogP) is 3.52. The van der Waals surface area contributed by atoms with Gasteiger partial charge in [-0.25, -0.2) is 0 Å². The van der Waals surface area contributed by atoms with Crippen molar-refractivity contribution in [3.05, 3.63) is 41.5 Å². The number of anilines is 1. The lowest BCUT2D eigenvalue weighted by molar-refractivity contribution is -0.123. The van der Waals surface area contributed by atoms with Crippen LogP contribution in [0, 0.1) is 5.41 Å². The van der Waals surface area contributed by atoms with Crippen molar-refractivity contribution in [1.82, 2.24) is 10.1 Å². The molecule has 0 atom stereocenters. The third-order valence-electron chi connectivity index (χ3n) is 3.71. The highest BCUT2D eigenvalue weighted by molar-refractivity contribution is 5.95. The Kier molecular flexibility index (Phi) is 3.72. The monoisotopic (exact) mass is 299 g/mol.